The molecule has 0 amide bonds. The molecule has 2 aromatic rings. The molecule has 0 fully saturated rings. The number of hydrogen-bond donors (Lipinski definition) is 0. The van der Waals surface area contributed by atoms with Crippen LogP contribution in [0.3, 0.4) is 0 Å². The van der Waals surface area contributed by atoms with Crippen LogP contribution < -0.4 is 0 Å². The minimum absolute atomic E-state index is 1.16. The van der Waals surface area contributed by atoms with Gasteiger partial charge >= 0.3 is 0 Å². The summed E-state index contributed by atoms with van der Waals surface area (Å²) in [5.41, 5.74) is 1.16. The van der Waals surface area contributed by atoms with Crippen LogP contribution in [0.25, 0.3) is 5.69 Å². The molecule has 0 spiro atoms. The molecule has 0 atom stereocenters. The lowest BCUT2D eigenvalue weighted by Gasteiger charge is -2.01. The van der Waals surface area contributed by atoms with Gasteiger partial charge in [-0.25, -0.2) is 0 Å². The third-order valence-corrected chi connectivity index (χ3v) is 1.45. The van der Waals surface area contributed by atoms with Gasteiger partial charge in [-0.2, -0.15) is 12.1 Å². The summed E-state index contributed by atoms with van der Waals surface area (Å²) in [6.45, 7) is 0. The van der Waals surface area contributed by atoms with E-state index in [2.05, 4.69) is 4.98 Å². The standard InChI is InChI=1S/C8H7N2/c1-2-4-8(3-1)10-6-5-9-7-10/h1-7H/q-1. The van der Waals surface area contributed by atoms with Crippen LogP contribution >= 0.6 is 0 Å². The van der Waals surface area contributed by atoms with E-state index in [1.54, 1.807) is 12.5 Å². The highest BCUT2D eigenvalue weighted by Crippen LogP contribution is 2.05. The molecule has 2 nitrogen and oxygen atoms in total. The van der Waals surface area contributed by atoms with Crippen molar-refractivity contribution in [2.24, 2.45) is 0 Å². The lowest BCUT2D eigenvalue weighted by molar-refractivity contribution is 1.06. The number of rotatable bonds is 1. The third-order valence-electron chi connectivity index (χ3n) is 1.45. The van der Waals surface area contributed by atoms with Gasteiger partial charge in [0.05, 0.1) is 0 Å². The molecule has 0 N–H and O–H groups in total. The van der Waals surface area contributed by atoms with Crippen LogP contribution in [0.5, 0.6) is 0 Å². The zero-order valence-corrected chi connectivity index (χ0v) is 5.44. The van der Waals surface area contributed by atoms with E-state index in [1.807, 2.05) is 35.0 Å². The normalized spacial score (nSPS) is 10.0. The van der Waals surface area contributed by atoms with Gasteiger partial charge in [-0.3, -0.25) is 4.98 Å². The van der Waals surface area contributed by atoms with Gasteiger partial charge in [-0.05, 0) is 11.9 Å². The van der Waals surface area contributed by atoms with Crippen LogP contribution in [0.15, 0.2) is 43.0 Å². The van der Waals surface area contributed by atoms with Gasteiger partial charge in [0.1, 0.15) is 0 Å². The average molecular weight is 131 g/mol. The number of aromatic nitrogens is 2. The molecule has 0 aliphatic heterocycles. The summed E-state index contributed by atoms with van der Waals surface area (Å²) in [6, 6.07) is 8.11. The summed E-state index contributed by atoms with van der Waals surface area (Å²) in [5, 5.41) is 0. The molecule has 50 valence electrons. The van der Waals surface area contributed by atoms with Crippen molar-refractivity contribution in [2.75, 3.05) is 0 Å². The Kier molecular flexibility index (Phi) is 1.10. The van der Waals surface area contributed by atoms with E-state index in [1.165, 1.54) is 0 Å². The molecular formula is C8H7N2-. The van der Waals surface area contributed by atoms with Crippen molar-refractivity contribution in [3.05, 3.63) is 43.0 Å². The molecule has 0 radical (unpaired) electrons. The van der Waals surface area contributed by atoms with Crippen LogP contribution in [-0.4, -0.2) is 9.55 Å². The fraction of sp³-hybridized carbons (Fsp3) is 0. The molecule has 0 aliphatic carbocycles. The van der Waals surface area contributed by atoms with E-state index in [4.69, 9.17) is 0 Å². The Balaban J connectivity index is 2.48. The molecule has 2 rings (SSSR count). The van der Waals surface area contributed by atoms with Gasteiger partial charge in [0, 0.05) is 12.5 Å². The Labute approximate surface area is 59.1 Å². The Hall–Kier alpha value is -1.44. The van der Waals surface area contributed by atoms with Crippen LogP contribution in [0.2, 0.25) is 0 Å². The first-order valence-corrected chi connectivity index (χ1v) is 3.17. The quantitative estimate of drug-likeness (QED) is 0.537. The summed E-state index contributed by atoms with van der Waals surface area (Å²) in [5.74, 6) is 0. The SMILES string of the molecule is c1cc[c-](-n2ccnc2)c1. The fourth-order valence-electron chi connectivity index (χ4n) is 0.948. The Morgan fingerprint density at radius 2 is 2.00 bits per heavy atom. The molecule has 0 unspecified atom stereocenters. The molecule has 0 aliphatic rings. The highest BCUT2D eigenvalue weighted by Gasteiger charge is 1.83. The molecule has 1 heterocycles. The number of imidazole rings is 1. The van der Waals surface area contributed by atoms with Crippen molar-refractivity contribution < 1.29 is 0 Å². The first kappa shape index (κ1) is 5.35. The predicted molar refractivity (Wildman–Crippen MR) is 39.2 cm³/mol. The fourth-order valence-corrected chi connectivity index (χ4v) is 0.948. The first-order chi connectivity index (χ1) is 4.97. The van der Waals surface area contributed by atoms with E-state index >= 15 is 0 Å². The lowest BCUT2D eigenvalue weighted by atomic mass is 10.5. The second-order valence-corrected chi connectivity index (χ2v) is 2.11. The van der Waals surface area contributed by atoms with Crippen LogP contribution in [0.1, 0.15) is 0 Å². The lowest BCUT2D eigenvalue weighted by Crippen LogP contribution is -1.84. The maximum absolute atomic E-state index is 3.94. The predicted octanol–water partition coefficient (Wildman–Crippen LogP) is 1.59. The zero-order valence-electron chi connectivity index (χ0n) is 5.44. The summed E-state index contributed by atoms with van der Waals surface area (Å²) in [7, 11) is 0. The average Bonchev–Trinajstić information content (AvgIpc) is 2.59. The molecule has 0 saturated carbocycles. The number of hydrogen-bond acceptors (Lipinski definition) is 1. The smallest absolute Gasteiger partial charge is 0.0340 e. The maximum atomic E-state index is 3.94. The summed E-state index contributed by atoms with van der Waals surface area (Å²) >= 11 is 0. The van der Waals surface area contributed by atoms with Crippen molar-refractivity contribution in [1.82, 2.24) is 9.55 Å². The molecule has 2 heteroatoms. The van der Waals surface area contributed by atoms with Crippen LogP contribution in [-0.2, 0) is 0 Å². The Bertz CT molecular complexity index is 247. The Morgan fingerprint density at radius 1 is 1.20 bits per heavy atom. The van der Waals surface area contributed by atoms with Gasteiger partial charge < -0.3 is 4.57 Å². The molecule has 1 aromatic heterocycles. The first-order valence-electron chi connectivity index (χ1n) is 3.17. The third kappa shape index (κ3) is 0.739. The summed E-state index contributed by atoms with van der Waals surface area (Å²) in [4.78, 5) is 3.94. The maximum Gasteiger partial charge on any atom is 0.0340 e. The van der Waals surface area contributed by atoms with Gasteiger partial charge in [-0.15, -0.1) is 12.1 Å². The van der Waals surface area contributed by atoms with Crippen molar-refractivity contribution in [2.45, 2.75) is 0 Å². The monoisotopic (exact) mass is 131 g/mol. The zero-order chi connectivity index (χ0) is 6.81. The molecule has 0 saturated heterocycles. The van der Waals surface area contributed by atoms with Crippen LogP contribution in [0.4, 0.5) is 0 Å². The number of nitrogens with zero attached hydrogens (tertiary/aromatic N) is 2. The van der Waals surface area contributed by atoms with E-state index in [-0.39, 0.29) is 0 Å². The van der Waals surface area contributed by atoms with E-state index in [0.717, 1.165) is 5.69 Å². The summed E-state index contributed by atoms with van der Waals surface area (Å²) < 4.78 is 1.97. The van der Waals surface area contributed by atoms with Crippen LogP contribution in [0, 0.1) is 0 Å². The van der Waals surface area contributed by atoms with Crippen molar-refractivity contribution >= 4 is 0 Å². The van der Waals surface area contributed by atoms with Gasteiger partial charge in [-0.1, -0.05) is 0 Å². The van der Waals surface area contributed by atoms with E-state index < -0.39 is 0 Å². The van der Waals surface area contributed by atoms with Crippen molar-refractivity contribution in [3.8, 4) is 5.69 Å². The van der Waals surface area contributed by atoms with Gasteiger partial charge in [0.15, 0.2) is 0 Å². The molecule has 1 aromatic carbocycles. The Morgan fingerprint density at radius 3 is 2.60 bits per heavy atom. The van der Waals surface area contributed by atoms with Crippen molar-refractivity contribution in [3.63, 3.8) is 0 Å². The van der Waals surface area contributed by atoms with Gasteiger partial charge in [0.2, 0.25) is 0 Å². The minimum Gasteiger partial charge on any atom is -0.403 e. The van der Waals surface area contributed by atoms with E-state index in [9.17, 15) is 0 Å². The highest BCUT2D eigenvalue weighted by molar-refractivity contribution is 5.32. The van der Waals surface area contributed by atoms with Gasteiger partial charge in [0.25, 0.3) is 0 Å². The largest absolute Gasteiger partial charge is 0.403 e. The van der Waals surface area contributed by atoms with E-state index in [0.29, 0.717) is 0 Å². The summed E-state index contributed by atoms with van der Waals surface area (Å²) in [6.07, 6.45) is 5.48. The molecule has 0 bridgehead atoms. The molecular weight excluding hydrogens is 124 g/mol. The second-order valence-electron chi connectivity index (χ2n) is 2.11. The highest BCUT2D eigenvalue weighted by atomic mass is 15.0. The second kappa shape index (κ2) is 2.06. The van der Waals surface area contributed by atoms with Crippen molar-refractivity contribution in [1.29, 1.82) is 0 Å². The molecule has 10 heavy (non-hydrogen) atoms. The topological polar surface area (TPSA) is 17.8 Å². The minimum atomic E-state index is 1.16.